The summed E-state index contributed by atoms with van der Waals surface area (Å²) in [7, 11) is 0. The Morgan fingerprint density at radius 3 is 2.30 bits per heavy atom. The zero-order chi connectivity index (χ0) is 17.2. The Morgan fingerprint density at radius 2 is 1.74 bits per heavy atom. The van der Waals surface area contributed by atoms with Crippen LogP contribution in [-0.2, 0) is 9.59 Å². The van der Waals surface area contributed by atoms with Crippen molar-refractivity contribution in [1.29, 1.82) is 0 Å². The predicted octanol–water partition coefficient (Wildman–Crippen LogP) is 1.73. The molecule has 1 saturated heterocycles. The lowest BCUT2D eigenvalue weighted by Crippen LogP contribution is -2.49. The molecule has 0 spiro atoms. The Morgan fingerprint density at radius 1 is 1.17 bits per heavy atom. The van der Waals surface area contributed by atoms with E-state index in [1.807, 2.05) is 13.0 Å². The smallest absolute Gasteiger partial charge is 0.246 e. The molecule has 0 bridgehead atoms. The third-order valence-electron chi connectivity index (χ3n) is 5.13. The summed E-state index contributed by atoms with van der Waals surface area (Å²) < 4.78 is 0. The normalized spacial score (nSPS) is 25.2. The van der Waals surface area contributed by atoms with Gasteiger partial charge in [-0.2, -0.15) is 0 Å². The first-order valence-corrected chi connectivity index (χ1v) is 8.34. The molecule has 128 valence electrons. The van der Waals surface area contributed by atoms with Gasteiger partial charge in [0.15, 0.2) is 0 Å². The average molecular weight is 320 g/mol. The largest absolute Gasteiger partial charge is 0.389 e. The number of aliphatic hydroxyl groups is 1. The summed E-state index contributed by atoms with van der Waals surface area (Å²) in [6, 6.07) is 0. The Hall–Kier alpha value is -1.62. The number of carbonyl (C=O) groups excluding carboxylic acids is 2. The highest BCUT2D eigenvalue weighted by atomic mass is 16.3. The van der Waals surface area contributed by atoms with Crippen molar-refractivity contribution in [3.63, 3.8) is 0 Å². The maximum atomic E-state index is 12.4. The Balaban J connectivity index is 2.04. The van der Waals surface area contributed by atoms with Gasteiger partial charge in [-0.3, -0.25) is 9.59 Å². The topological polar surface area (TPSA) is 60.9 Å². The van der Waals surface area contributed by atoms with Crippen LogP contribution in [0, 0.1) is 5.41 Å². The average Bonchev–Trinajstić information content (AvgIpc) is 2.51. The fourth-order valence-corrected chi connectivity index (χ4v) is 3.42. The summed E-state index contributed by atoms with van der Waals surface area (Å²) >= 11 is 0. The fourth-order valence-electron chi connectivity index (χ4n) is 3.42. The van der Waals surface area contributed by atoms with Gasteiger partial charge in [0.05, 0.1) is 6.10 Å². The minimum Gasteiger partial charge on any atom is -0.389 e. The standard InChI is InChI=1S/C18H28N2O3/c1-13-15(18(3,4)8-7-16(13)22)5-6-17(23)20-11-9-19(10-12-20)14(2)21/h5-6,16,22H,7-12H2,1-4H3/b6-5+. The van der Waals surface area contributed by atoms with Crippen LogP contribution >= 0.6 is 0 Å². The van der Waals surface area contributed by atoms with E-state index in [0.29, 0.717) is 26.2 Å². The van der Waals surface area contributed by atoms with Crippen molar-refractivity contribution in [2.75, 3.05) is 26.2 Å². The van der Waals surface area contributed by atoms with Gasteiger partial charge in [-0.05, 0) is 36.3 Å². The number of carbonyl (C=O) groups is 2. The number of hydrogen-bond donors (Lipinski definition) is 1. The van der Waals surface area contributed by atoms with Crippen LogP contribution in [0.25, 0.3) is 0 Å². The van der Waals surface area contributed by atoms with Gasteiger partial charge in [-0.25, -0.2) is 0 Å². The monoisotopic (exact) mass is 320 g/mol. The molecule has 5 heteroatoms. The minimum atomic E-state index is -0.406. The van der Waals surface area contributed by atoms with Crippen LogP contribution in [0.15, 0.2) is 23.3 Å². The van der Waals surface area contributed by atoms with Crippen LogP contribution in [0.4, 0.5) is 0 Å². The molecule has 2 aliphatic rings. The van der Waals surface area contributed by atoms with E-state index in [4.69, 9.17) is 0 Å². The highest BCUT2D eigenvalue weighted by molar-refractivity contribution is 5.88. The molecule has 23 heavy (non-hydrogen) atoms. The van der Waals surface area contributed by atoms with Gasteiger partial charge in [0.1, 0.15) is 0 Å². The Bertz CT molecular complexity index is 540. The second-order valence-electron chi connectivity index (χ2n) is 7.20. The Labute approximate surface area is 138 Å². The van der Waals surface area contributed by atoms with E-state index in [2.05, 4.69) is 13.8 Å². The molecule has 0 aromatic carbocycles. The van der Waals surface area contributed by atoms with Crippen molar-refractivity contribution in [3.05, 3.63) is 23.3 Å². The van der Waals surface area contributed by atoms with E-state index >= 15 is 0 Å². The molecule has 1 atom stereocenters. The highest BCUT2D eigenvalue weighted by Gasteiger charge is 2.31. The zero-order valence-corrected chi connectivity index (χ0v) is 14.6. The molecule has 1 aliphatic heterocycles. The Kier molecular flexibility index (Phi) is 5.30. The van der Waals surface area contributed by atoms with Crippen LogP contribution < -0.4 is 0 Å². The van der Waals surface area contributed by atoms with E-state index in [9.17, 15) is 14.7 Å². The first-order valence-electron chi connectivity index (χ1n) is 8.34. The first-order chi connectivity index (χ1) is 10.7. The van der Waals surface area contributed by atoms with Gasteiger partial charge >= 0.3 is 0 Å². The molecule has 1 heterocycles. The molecule has 0 aromatic heterocycles. The molecule has 1 fully saturated rings. The summed E-state index contributed by atoms with van der Waals surface area (Å²) in [4.78, 5) is 27.2. The summed E-state index contributed by atoms with van der Waals surface area (Å²) in [6.07, 6.45) is 4.77. The molecule has 0 aromatic rings. The molecule has 1 unspecified atom stereocenters. The summed E-state index contributed by atoms with van der Waals surface area (Å²) in [6.45, 7) is 10.2. The van der Waals surface area contributed by atoms with Gasteiger partial charge < -0.3 is 14.9 Å². The number of hydrogen-bond acceptors (Lipinski definition) is 3. The van der Waals surface area contributed by atoms with E-state index in [1.54, 1.807) is 22.8 Å². The molecule has 2 amide bonds. The molecule has 2 rings (SSSR count). The molecular formula is C18H28N2O3. The summed E-state index contributed by atoms with van der Waals surface area (Å²) in [5.41, 5.74) is 2.01. The second kappa shape index (κ2) is 6.87. The number of piperazine rings is 1. The van der Waals surface area contributed by atoms with Crippen molar-refractivity contribution in [2.45, 2.75) is 46.6 Å². The van der Waals surface area contributed by atoms with Gasteiger partial charge in [0, 0.05) is 39.2 Å². The number of allylic oxidation sites excluding steroid dienone is 2. The first kappa shape index (κ1) is 17.7. The number of aliphatic hydroxyl groups excluding tert-OH is 1. The SMILES string of the molecule is CC(=O)N1CCN(C(=O)/C=C/C2=C(C)C(O)CCC2(C)C)CC1. The molecule has 0 radical (unpaired) electrons. The minimum absolute atomic E-state index is 0.0204. The van der Waals surface area contributed by atoms with Crippen molar-refractivity contribution in [1.82, 2.24) is 9.80 Å². The number of nitrogens with zero attached hydrogens (tertiary/aromatic N) is 2. The van der Waals surface area contributed by atoms with Crippen LogP contribution in [0.5, 0.6) is 0 Å². The van der Waals surface area contributed by atoms with Crippen LogP contribution in [0.2, 0.25) is 0 Å². The van der Waals surface area contributed by atoms with Crippen LogP contribution in [0.1, 0.15) is 40.5 Å². The van der Waals surface area contributed by atoms with Crippen molar-refractivity contribution >= 4 is 11.8 Å². The van der Waals surface area contributed by atoms with Crippen LogP contribution in [0.3, 0.4) is 0 Å². The van der Waals surface area contributed by atoms with E-state index in [-0.39, 0.29) is 17.2 Å². The maximum absolute atomic E-state index is 12.4. The lowest BCUT2D eigenvalue weighted by atomic mass is 9.71. The van der Waals surface area contributed by atoms with Gasteiger partial charge in [-0.15, -0.1) is 0 Å². The van der Waals surface area contributed by atoms with Gasteiger partial charge in [-0.1, -0.05) is 19.9 Å². The third kappa shape index (κ3) is 4.02. The number of amides is 2. The molecule has 0 saturated carbocycles. The molecule has 1 aliphatic carbocycles. The van der Waals surface area contributed by atoms with Gasteiger partial charge in [0.25, 0.3) is 0 Å². The van der Waals surface area contributed by atoms with E-state index < -0.39 is 6.10 Å². The highest BCUT2D eigenvalue weighted by Crippen LogP contribution is 2.40. The van der Waals surface area contributed by atoms with Crippen LogP contribution in [-0.4, -0.2) is 59.0 Å². The predicted molar refractivity (Wildman–Crippen MR) is 89.7 cm³/mol. The van der Waals surface area contributed by atoms with Crippen molar-refractivity contribution < 1.29 is 14.7 Å². The fraction of sp³-hybridized carbons (Fsp3) is 0.667. The second-order valence-corrected chi connectivity index (χ2v) is 7.20. The molecule has 1 N–H and O–H groups in total. The van der Waals surface area contributed by atoms with Gasteiger partial charge in [0.2, 0.25) is 11.8 Å². The van der Waals surface area contributed by atoms with Crippen molar-refractivity contribution in [3.8, 4) is 0 Å². The summed E-state index contributed by atoms with van der Waals surface area (Å²) in [5, 5.41) is 10.1. The van der Waals surface area contributed by atoms with E-state index in [1.165, 1.54) is 0 Å². The molecule has 5 nitrogen and oxygen atoms in total. The lowest BCUT2D eigenvalue weighted by Gasteiger charge is -2.36. The number of rotatable bonds is 2. The zero-order valence-electron chi connectivity index (χ0n) is 14.6. The third-order valence-corrected chi connectivity index (χ3v) is 5.13. The molecular weight excluding hydrogens is 292 g/mol. The summed E-state index contributed by atoms with van der Waals surface area (Å²) in [5.74, 6) is 0.0377. The maximum Gasteiger partial charge on any atom is 0.246 e. The van der Waals surface area contributed by atoms with Crippen molar-refractivity contribution in [2.24, 2.45) is 5.41 Å². The quantitative estimate of drug-likeness (QED) is 0.788. The van der Waals surface area contributed by atoms with E-state index in [0.717, 1.165) is 24.0 Å². The lowest BCUT2D eigenvalue weighted by molar-refractivity contribution is -0.135.